The Morgan fingerprint density at radius 3 is 2.70 bits per heavy atom. The lowest BCUT2D eigenvalue weighted by molar-refractivity contribution is -0.916. The van der Waals surface area contributed by atoms with E-state index in [-0.39, 0.29) is 16.9 Å². The SMILES string of the molecule is O=C(C[NH+](Cc1ccc(F)cc1)C1CC1)Nc1cccnc1Cl. The number of carbonyl (C=O) groups is 1. The Morgan fingerprint density at radius 1 is 1.30 bits per heavy atom. The Balaban J connectivity index is 1.62. The van der Waals surface area contributed by atoms with Gasteiger partial charge in [0.25, 0.3) is 5.91 Å². The summed E-state index contributed by atoms with van der Waals surface area (Å²) in [6.45, 7) is 1.06. The molecule has 23 heavy (non-hydrogen) atoms. The standard InChI is InChI=1S/C17H17ClFN3O/c18-17-15(2-1-9-20-17)21-16(23)11-22(14-7-8-14)10-12-3-5-13(19)6-4-12/h1-6,9,14H,7-8,10-11H2,(H,21,23)/p+1. The Morgan fingerprint density at radius 2 is 2.04 bits per heavy atom. The molecule has 3 rings (SSSR count). The molecule has 1 saturated carbocycles. The Labute approximate surface area is 139 Å². The fourth-order valence-corrected chi connectivity index (χ4v) is 2.75. The highest BCUT2D eigenvalue weighted by molar-refractivity contribution is 6.32. The molecule has 1 aliphatic carbocycles. The third kappa shape index (κ3) is 4.50. The normalized spacial score (nSPS) is 15.2. The maximum absolute atomic E-state index is 13.0. The first-order chi connectivity index (χ1) is 11.1. The molecule has 1 unspecified atom stereocenters. The maximum Gasteiger partial charge on any atom is 0.279 e. The van der Waals surface area contributed by atoms with Crippen LogP contribution in [0, 0.1) is 5.82 Å². The van der Waals surface area contributed by atoms with Gasteiger partial charge < -0.3 is 10.2 Å². The van der Waals surface area contributed by atoms with Gasteiger partial charge in [0.1, 0.15) is 12.4 Å². The summed E-state index contributed by atoms with van der Waals surface area (Å²) in [7, 11) is 0. The molecule has 120 valence electrons. The van der Waals surface area contributed by atoms with E-state index in [2.05, 4.69) is 10.3 Å². The molecule has 1 amide bonds. The summed E-state index contributed by atoms with van der Waals surface area (Å²) in [6, 6.07) is 10.4. The molecule has 0 aliphatic heterocycles. The van der Waals surface area contributed by atoms with Gasteiger partial charge in [0.2, 0.25) is 0 Å². The molecule has 2 aromatic rings. The van der Waals surface area contributed by atoms with Crippen molar-refractivity contribution < 1.29 is 14.1 Å². The zero-order valence-corrected chi connectivity index (χ0v) is 13.3. The first-order valence-electron chi connectivity index (χ1n) is 7.61. The third-order valence-corrected chi connectivity index (χ3v) is 4.22. The first-order valence-corrected chi connectivity index (χ1v) is 7.99. The minimum absolute atomic E-state index is 0.0936. The zero-order chi connectivity index (χ0) is 16.2. The average Bonchev–Trinajstić information content (AvgIpc) is 3.36. The monoisotopic (exact) mass is 334 g/mol. The maximum atomic E-state index is 13.0. The minimum atomic E-state index is -0.245. The highest BCUT2D eigenvalue weighted by Crippen LogP contribution is 2.18. The van der Waals surface area contributed by atoms with Crippen LogP contribution in [0.4, 0.5) is 10.1 Å². The number of pyridine rings is 1. The largest absolute Gasteiger partial charge is 0.321 e. The van der Waals surface area contributed by atoms with Crippen molar-refractivity contribution in [3.8, 4) is 0 Å². The van der Waals surface area contributed by atoms with E-state index in [4.69, 9.17) is 11.6 Å². The highest BCUT2D eigenvalue weighted by atomic mass is 35.5. The smallest absolute Gasteiger partial charge is 0.279 e. The summed E-state index contributed by atoms with van der Waals surface area (Å²) >= 11 is 5.96. The van der Waals surface area contributed by atoms with Crippen LogP contribution in [0.25, 0.3) is 0 Å². The molecule has 1 aliphatic rings. The van der Waals surface area contributed by atoms with Gasteiger partial charge in [0.15, 0.2) is 11.7 Å². The summed E-state index contributed by atoms with van der Waals surface area (Å²) in [6.07, 6.45) is 3.82. The van der Waals surface area contributed by atoms with Crippen LogP contribution in [-0.2, 0) is 11.3 Å². The Bertz CT molecular complexity index is 688. The molecule has 0 bridgehead atoms. The molecule has 0 saturated heterocycles. The van der Waals surface area contributed by atoms with E-state index in [1.165, 1.54) is 17.0 Å². The molecule has 1 aromatic heterocycles. The summed E-state index contributed by atoms with van der Waals surface area (Å²) in [5.74, 6) is -0.338. The van der Waals surface area contributed by atoms with E-state index in [9.17, 15) is 9.18 Å². The van der Waals surface area contributed by atoms with E-state index >= 15 is 0 Å². The number of amides is 1. The molecular formula is C17H18ClFN3O+. The molecular weight excluding hydrogens is 317 g/mol. The summed E-state index contributed by atoms with van der Waals surface area (Å²) in [5.41, 5.74) is 1.55. The van der Waals surface area contributed by atoms with Crippen molar-refractivity contribution in [2.45, 2.75) is 25.4 Å². The van der Waals surface area contributed by atoms with E-state index in [1.54, 1.807) is 30.5 Å². The van der Waals surface area contributed by atoms with Crippen molar-refractivity contribution >= 4 is 23.2 Å². The van der Waals surface area contributed by atoms with Crippen molar-refractivity contribution in [2.24, 2.45) is 0 Å². The summed E-state index contributed by atoms with van der Waals surface area (Å²) < 4.78 is 13.0. The number of hydrogen-bond donors (Lipinski definition) is 2. The van der Waals surface area contributed by atoms with Gasteiger partial charge >= 0.3 is 0 Å². The van der Waals surface area contributed by atoms with Crippen LogP contribution in [0.15, 0.2) is 42.6 Å². The quantitative estimate of drug-likeness (QED) is 0.794. The van der Waals surface area contributed by atoms with E-state index < -0.39 is 0 Å². The first kappa shape index (κ1) is 15.9. The van der Waals surface area contributed by atoms with Crippen molar-refractivity contribution in [3.63, 3.8) is 0 Å². The van der Waals surface area contributed by atoms with Gasteiger partial charge in [-0.25, -0.2) is 9.37 Å². The summed E-state index contributed by atoms with van der Waals surface area (Å²) in [5, 5.41) is 3.09. The fourth-order valence-electron chi connectivity index (χ4n) is 2.59. The average molecular weight is 335 g/mol. The van der Waals surface area contributed by atoms with Gasteiger partial charge in [0.05, 0.1) is 11.7 Å². The van der Waals surface area contributed by atoms with Crippen LogP contribution < -0.4 is 10.2 Å². The molecule has 1 heterocycles. The topological polar surface area (TPSA) is 46.4 Å². The van der Waals surface area contributed by atoms with Crippen molar-refractivity contribution in [2.75, 3.05) is 11.9 Å². The summed E-state index contributed by atoms with van der Waals surface area (Å²) in [4.78, 5) is 17.4. The number of quaternary nitrogens is 1. The number of halogens is 2. The molecule has 1 fully saturated rings. The van der Waals surface area contributed by atoms with Crippen LogP contribution >= 0.6 is 11.6 Å². The minimum Gasteiger partial charge on any atom is -0.321 e. The van der Waals surface area contributed by atoms with Crippen LogP contribution in [0.3, 0.4) is 0 Å². The lowest BCUT2D eigenvalue weighted by Crippen LogP contribution is -3.13. The van der Waals surface area contributed by atoms with Gasteiger partial charge in [-0.05, 0) is 24.3 Å². The molecule has 0 spiro atoms. The van der Waals surface area contributed by atoms with Gasteiger partial charge in [0, 0.05) is 24.6 Å². The Kier molecular flexibility index (Phi) is 4.88. The third-order valence-electron chi connectivity index (χ3n) is 3.92. The second kappa shape index (κ2) is 7.06. The van der Waals surface area contributed by atoms with Crippen LogP contribution in [0.1, 0.15) is 18.4 Å². The predicted molar refractivity (Wildman–Crippen MR) is 86.8 cm³/mol. The van der Waals surface area contributed by atoms with Crippen molar-refractivity contribution in [1.29, 1.82) is 0 Å². The fraction of sp³-hybridized carbons (Fsp3) is 0.294. The molecule has 0 radical (unpaired) electrons. The Hall–Kier alpha value is -1.98. The van der Waals surface area contributed by atoms with Gasteiger partial charge in [-0.2, -0.15) is 0 Å². The zero-order valence-electron chi connectivity index (χ0n) is 12.6. The number of hydrogen-bond acceptors (Lipinski definition) is 2. The molecule has 1 atom stereocenters. The molecule has 1 aromatic carbocycles. The highest BCUT2D eigenvalue weighted by Gasteiger charge is 2.34. The van der Waals surface area contributed by atoms with Gasteiger partial charge in [-0.15, -0.1) is 0 Å². The van der Waals surface area contributed by atoms with Gasteiger partial charge in [-0.1, -0.05) is 23.7 Å². The van der Waals surface area contributed by atoms with Crippen LogP contribution in [-0.4, -0.2) is 23.5 Å². The lowest BCUT2D eigenvalue weighted by atomic mass is 10.2. The second-order valence-corrected chi connectivity index (χ2v) is 6.16. The number of benzene rings is 1. The number of rotatable bonds is 6. The van der Waals surface area contributed by atoms with E-state index in [1.807, 2.05) is 0 Å². The number of nitrogens with one attached hydrogen (secondary N) is 2. The number of anilines is 1. The molecule has 2 N–H and O–H groups in total. The molecule has 6 heteroatoms. The van der Waals surface area contributed by atoms with E-state index in [0.717, 1.165) is 18.4 Å². The molecule has 4 nitrogen and oxygen atoms in total. The predicted octanol–water partition coefficient (Wildman–Crippen LogP) is 2.06. The van der Waals surface area contributed by atoms with Gasteiger partial charge in [-0.3, -0.25) is 4.79 Å². The second-order valence-electron chi connectivity index (χ2n) is 5.80. The van der Waals surface area contributed by atoms with Crippen molar-refractivity contribution in [1.82, 2.24) is 4.98 Å². The number of nitrogens with zero attached hydrogens (tertiary/aromatic N) is 1. The number of aromatic nitrogens is 1. The van der Waals surface area contributed by atoms with Crippen LogP contribution in [0.5, 0.6) is 0 Å². The lowest BCUT2D eigenvalue weighted by Gasteiger charge is -2.19. The van der Waals surface area contributed by atoms with Crippen LogP contribution in [0.2, 0.25) is 5.15 Å². The van der Waals surface area contributed by atoms with E-state index in [0.29, 0.717) is 24.8 Å². The number of carbonyl (C=O) groups excluding carboxylic acids is 1. The van der Waals surface area contributed by atoms with Crippen molar-refractivity contribution in [3.05, 3.63) is 59.1 Å².